The van der Waals surface area contributed by atoms with Gasteiger partial charge in [-0.25, -0.2) is 4.79 Å². The second-order valence-corrected chi connectivity index (χ2v) is 4.81. The standard InChI is InChI=1S/C13H16ClNO2/c1-2-15(11-5-6-11)8-10-4-3-9(13(16)17)7-12(10)14/h3-4,7,11H,2,5-6,8H2,1H3,(H,16,17). The van der Waals surface area contributed by atoms with Gasteiger partial charge in [0.1, 0.15) is 0 Å². The number of nitrogens with zero attached hydrogens (tertiary/aromatic N) is 1. The minimum absolute atomic E-state index is 0.244. The van der Waals surface area contributed by atoms with Crippen LogP contribution >= 0.6 is 11.6 Å². The highest BCUT2D eigenvalue weighted by Gasteiger charge is 2.28. The molecule has 0 saturated heterocycles. The van der Waals surface area contributed by atoms with E-state index in [1.165, 1.54) is 18.9 Å². The molecule has 0 spiro atoms. The van der Waals surface area contributed by atoms with Crippen molar-refractivity contribution in [3.63, 3.8) is 0 Å². The molecule has 0 aliphatic heterocycles. The second-order valence-electron chi connectivity index (χ2n) is 4.41. The average Bonchev–Trinajstić information content (AvgIpc) is 3.11. The van der Waals surface area contributed by atoms with Crippen molar-refractivity contribution in [2.24, 2.45) is 0 Å². The number of carboxylic acids is 1. The monoisotopic (exact) mass is 253 g/mol. The molecular weight excluding hydrogens is 238 g/mol. The van der Waals surface area contributed by atoms with Crippen LogP contribution in [0.3, 0.4) is 0 Å². The molecule has 92 valence electrons. The Morgan fingerprint density at radius 1 is 1.53 bits per heavy atom. The summed E-state index contributed by atoms with van der Waals surface area (Å²) in [6, 6.07) is 5.65. The zero-order chi connectivity index (χ0) is 12.4. The number of aromatic carboxylic acids is 1. The Morgan fingerprint density at radius 2 is 2.24 bits per heavy atom. The van der Waals surface area contributed by atoms with Crippen LogP contribution in [0.2, 0.25) is 5.02 Å². The van der Waals surface area contributed by atoms with Crippen LogP contribution < -0.4 is 0 Å². The van der Waals surface area contributed by atoms with Gasteiger partial charge in [-0.2, -0.15) is 0 Å². The molecule has 0 aromatic heterocycles. The fraction of sp³-hybridized carbons (Fsp3) is 0.462. The summed E-state index contributed by atoms with van der Waals surface area (Å²) in [5, 5.41) is 9.40. The molecule has 1 aliphatic rings. The van der Waals surface area contributed by atoms with Gasteiger partial charge in [0.25, 0.3) is 0 Å². The van der Waals surface area contributed by atoms with Gasteiger partial charge >= 0.3 is 5.97 Å². The van der Waals surface area contributed by atoms with Gasteiger partial charge in [-0.15, -0.1) is 0 Å². The number of hydrogen-bond acceptors (Lipinski definition) is 2. The van der Waals surface area contributed by atoms with E-state index in [1.54, 1.807) is 6.07 Å². The summed E-state index contributed by atoms with van der Waals surface area (Å²) in [5.41, 5.74) is 1.25. The lowest BCUT2D eigenvalue weighted by atomic mass is 10.1. The number of rotatable bonds is 5. The van der Waals surface area contributed by atoms with Crippen LogP contribution in [0.4, 0.5) is 0 Å². The zero-order valence-corrected chi connectivity index (χ0v) is 10.6. The molecule has 1 aromatic rings. The minimum atomic E-state index is -0.937. The Morgan fingerprint density at radius 3 is 2.71 bits per heavy atom. The van der Waals surface area contributed by atoms with E-state index in [-0.39, 0.29) is 5.56 Å². The van der Waals surface area contributed by atoms with E-state index in [4.69, 9.17) is 16.7 Å². The van der Waals surface area contributed by atoms with Gasteiger partial charge < -0.3 is 5.11 Å². The molecule has 0 unspecified atom stereocenters. The van der Waals surface area contributed by atoms with Crippen LogP contribution in [0.25, 0.3) is 0 Å². The zero-order valence-electron chi connectivity index (χ0n) is 9.82. The first-order valence-electron chi connectivity index (χ1n) is 5.87. The Hall–Kier alpha value is -1.06. The second kappa shape index (κ2) is 5.07. The summed E-state index contributed by atoms with van der Waals surface area (Å²) in [7, 11) is 0. The maximum atomic E-state index is 10.8. The van der Waals surface area contributed by atoms with Crippen LogP contribution in [0.1, 0.15) is 35.7 Å². The normalized spacial score (nSPS) is 15.2. The van der Waals surface area contributed by atoms with Crippen LogP contribution in [0.5, 0.6) is 0 Å². The van der Waals surface area contributed by atoms with Gasteiger partial charge in [0.15, 0.2) is 0 Å². The molecule has 2 rings (SSSR count). The lowest BCUT2D eigenvalue weighted by molar-refractivity contribution is 0.0697. The van der Waals surface area contributed by atoms with Gasteiger partial charge in [-0.1, -0.05) is 24.6 Å². The molecule has 1 aromatic carbocycles. The molecule has 4 heteroatoms. The SMILES string of the molecule is CCN(Cc1ccc(C(=O)O)cc1Cl)C1CC1. The minimum Gasteiger partial charge on any atom is -0.478 e. The highest BCUT2D eigenvalue weighted by molar-refractivity contribution is 6.31. The lowest BCUT2D eigenvalue weighted by Gasteiger charge is -2.20. The fourth-order valence-corrected chi connectivity index (χ4v) is 2.21. The molecule has 0 radical (unpaired) electrons. The largest absolute Gasteiger partial charge is 0.478 e. The Balaban J connectivity index is 2.12. The van der Waals surface area contributed by atoms with Crippen molar-refractivity contribution in [1.82, 2.24) is 4.90 Å². The lowest BCUT2D eigenvalue weighted by Crippen LogP contribution is -2.25. The van der Waals surface area contributed by atoms with Crippen molar-refractivity contribution in [2.45, 2.75) is 32.4 Å². The third-order valence-electron chi connectivity index (χ3n) is 3.14. The Labute approximate surface area is 106 Å². The summed E-state index contributed by atoms with van der Waals surface area (Å²) in [6.45, 7) is 3.94. The number of hydrogen-bond donors (Lipinski definition) is 1. The van der Waals surface area contributed by atoms with Gasteiger partial charge in [0, 0.05) is 17.6 Å². The summed E-state index contributed by atoms with van der Waals surface area (Å²) in [4.78, 5) is 13.2. The molecule has 0 bridgehead atoms. The maximum Gasteiger partial charge on any atom is 0.335 e. The van der Waals surface area contributed by atoms with Crippen LogP contribution in [0, 0.1) is 0 Å². The first-order valence-corrected chi connectivity index (χ1v) is 6.25. The topological polar surface area (TPSA) is 40.5 Å². The average molecular weight is 254 g/mol. The van der Waals surface area contributed by atoms with Gasteiger partial charge in [0.05, 0.1) is 5.56 Å². The van der Waals surface area contributed by atoms with E-state index in [9.17, 15) is 4.79 Å². The van der Waals surface area contributed by atoms with Crippen molar-refractivity contribution in [2.75, 3.05) is 6.54 Å². The van der Waals surface area contributed by atoms with Crippen molar-refractivity contribution in [1.29, 1.82) is 0 Å². The van der Waals surface area contributed by atoms with Crippen molar-refractivity contribution in [3.8, 4) is 0 Å². The summed E-state index contributed by atoms with van der Waals surface area (Å²) < 4.78 is 0. The summed E-state index contributed by atoms with van der Waals surface area (Å²) >= 11 is 6.11. The van der Waals surface area contributed by atoms with Crippen molar-refractivity contribution >= 4 is 17.6 Å². The van der Waals surface area contributed by atoms with Crippen LogP contribution in [-0.4, -0.2) is 28.6 Å². The van der Waals surface area contributed by atoms with E-state index < -0.39 is 5.97 Å². The Bertz CT molecular complexity index is 429. The molecule has 1 aliphatic carbocycles. The third-order valence-corrected chi connectivity index (χ3v) is 3.49. The molecule has 3 nitrogen and oxygen atoms in total. The first-order chi connectivity index (χ1) is 8.11. The van der Waals surface area contributed by atoms with E-state index >= 15 is 0 Å². The molecule has 1 fully saturated rings. The smallest absolute Gasteiger partial charge is 0.335 e. The highest BCUT2D eigenvalue weighted by atomic mass is 35.5. The predicted octanol–water partition coefficient (Wildman–Crippen LogP) is 3.02. The summed E-state index contributed by atoms with van der Waals surface area (Å²) in [5.74, 6) is -0.937. The van der Waals surface area contributed by atoms with E-state index in [2.05, 4.69) is 11.8 Å². The molecule has 0 heterocycles. The molecule has 17 heavy (non-hydrogen) atoms. The molecule has 0 amide bonds. The van der Waals surface area contributed by atoms with E-state index in [1.807, 2.05) is 6.07 Å². The van der Waals surface area contributed by atoms with Crippen molar-refractivity contribution in [3.05, 3.63) is 34.3 Å². The molecule has 1 N–H and O–H groups in total. The van der Waals surface area contributed by atoms with E-state index in [0.717, 1.165) is 18.7 Å². The van der Waals surface area contributed by atoms with Gasteiger partial charge in [-0.05, 0) is 37.1 Å². The number of halogens is 1. The maximum absolute atomic E-state index is 10.8. The van der Waals surface area contributed by atoms with Gasteiger partial charge in [0.2, 0.25) is 0 Å². The number of carboxylic acid groups (broad SMARTS) is 1. The fourth-order valence-electron chi connectivity index (χ4n) is 1.97. The van der Waals surface area contributed by atoms with Crippen molar-refractivity contribution < 1.29 is 9.90 Å². The highest BCUT2D eigenvalue weighted by Crippen LogP contribution is 2.29. The number of benzene rings is 1. The van der Waals surface area contributed by atoms with Gasteiger partial charge in [-0.3, -0.25) is 4.90 Å². The van der Waals surface area contributed by atoms with E-state index in [0.29, 0.717) is 11.1 Å². The summed E-state index contributed by atoms with van der Waals surface area (Å²) in [6.07, 6.45) is 2.53. The van der Waals surface area contributed by atoms with Crippen LogP contribution in [-0.2, 0) is 6.54 Å². The molecule has 1 saturated carbocycles. The molecular formula is C13H16ClNO2. The third kappa shape index (κ3) is 2.99. The predicted molar refractivity (Wildman–Crippen MR) is 67.5 cm³/mol. The first kappa shape index (κ1) is 12.4. The number of carbonyl (C=O) groups is 1. The molecule has 0 atom stereocenters. The quantitative estimate of drug-likeness (QED) is 0.877. The Kier molecular flexibility index (Phi) is 3.69. The van der Waals surface area contributed by atoms with Crippen LogP contribution in [0.15, 0.2) is 18.2 Å².